The number of amides is 1. The highest BCUT2D eigenvalue weighted by molar-refractivity contribution is 7.89. The highest BCUT2D eigenvalue weighted by atomic mass is 32.2. The molecule has 144 valence electrons. The summed E-state index contributed by atoms with van der Waals surface area (Å²) in [7, 11) is -2.04. The van der Waals surface area contributed by atoms with Gasteiger partial charge < -0.3 is 9.64 Å². The van der Waals surface area contributed by atoms with Gasteiger partial charge in [0.05, 0.1) is 17.9 Å². The van der Waals surface area contributed by atoms with E-state index in [4.69, 9.17) is 4.74 Å². The molecule has 26 heavy (non-hydrogen) atoms. The predicted molar refractivity (Wildman–Crippen MR) is 99.5 cm³/mol. The van der Waals surface area contributed by atoms with Gasteiger partial charge in [0.15, 0.2) is 0 Å². The molecule has 0 spiro atoms. The second kappa shape index (κ2) is 8.39. The number of carbonyl (C=O) groups excluding carboxylic acids is 1. The van der Waals surface area contributed by atoms with Gasteiger partial charge in [0.2, 0.25) is 15.9 Å². The van der Waals surface area contributed by atoms with Crippen molar-refractivity contribution in [3.63, 3.8) is 0 Å². The molecule has 0 N–H and O–H groups in total. The third kappa shape index (κ3) is 4.20. The number of hydrogen-bond acceptors (Lipinski definition) is 4. The topological polar surface area (TPSA) is 66.9 Å². The Labute approximate surface area is 156 Å². The van der Waals surface area contributed by atoms with E-state index >= 15 is 0 Å². The minimum absolute atomic E-state index is 0.126. The van der Waals surface area contributed by atoms with Gasteiger partial charge in [0.25, 0.3) is 0 Å². The Balaban J connectivity index is 1.71. The Morgan fingerprint density at radius 1 is 1.00 bits per heavy atom. The zero-order valence-electron chi connectivity index (χ0n) is 15.4. The SMILES string of the molecule is COc1ccc(S(=O)(=O)N2CCC[C@H](C(=O)N3CCCCCC3)C2)cc1. The number of hydrogen-bond donors (Lipinski definition) is 0. The minimum atomic E-state index is -3.58. The average Bonchev–Trinajstić information content (AvgIpc) is 2.97. The van der Waals surface area contributed by atoms with Crippen LogP contribution in [-0.2, 0) is 14.8 Å². The van der Waals surface area contributed by atoms with Crippen molar-refractivity contribution in [3.05, 3.63) is 24.3 Å². The van der Waals surface area contributed by atoms with Crippen molar-refractivity contribution >= 4 is 15.9 Å². The van der Waals surface area contributed by atoms with Crippen LogP contribution >= 0.6 is 0 Å². The standard InChI is InChI=1S/C19H28N2O4S/c1-25-17-8-10-18(11-9-17)26(23,24)21-14-6-7-16(15-21)19(22)20-12-4-2-3-5-13-20/h8-11,16H,2-7,12-15H2,1H3/t16-/m0/s1. The molecule has 0 aliphatic carbocycles. The van der Waals surface area contributed by atoms with Crippen molar-refractivity contribution in [2.75, 3.05) is 33.3 Å². The molecule has 0 saturated carbocycles. The monoisotopic (exact) mass is 380 g/mol. The third-order valence-electron chi connectivity index (χ3n) is 5.35. The maximum Gasteiger partial charge on any atom is 0.243 e. The summed E-state index contributed by atoms with van der Waals surface area (Å²) in [5.74, 6) is 0.521. The van der Waals surface area contributed by atoms with E-state index in [9.17, 15) is 13.2 Å². The molecule has 2 aliphatic heterocycles. The lowest BCUT2D eigenvalue weighted by molar-refractivity contribution is -0.136. The number of methoxy groups -OCH3 is 1. The molecule has 7 heteroatoms. The van der Waals surface area contributed by atoms with E-state index in [1.165, 1.54) is 17.1 Å². The van der Waals surface area contributed by atoms with Crippen molar-refractivity contribution in [2.24, 2.45) is 5.92 Å². The quantitative estimate of drug-likeness (QED) is 0.805. The molecule has 1 aromatic rings. The lowest BCUT2D eigenvalue weighted by Crippen LogP contribution is -2.46. The van der Waals surface area contributed by atoms with Crippen LogP contribution in [0.3, 0.4) is 0 Å². The molecule has 2 heterocycles. The van der Waals surface area contributed by atoms with E-state index in [1.807, 2.05) is 4.90 Å². The van der Waals surface area contributed by atoms with Crippen LogP contribution in [0.2, 0.25) is 0 Å². The van der Waals surface area contributed by atoms with Crippen molar-refractivity contribution in [2.45, 2.75) is 43.4 Å². The van der Waals surface area contributed by atoms with E-state index in [0.717, 1.165) is 38.8 Å². The molecule has 2 fully saturated rings. The molecule has 0 radical (unpaired) electrons. The Morgan fingerprint density at radius 3 is 2.27 bits per heavy atom. The van der Waals surface area contributed by atoms with Crippen molar-refractivity contribution < 1.29 is 17.9 Å². The van der Waals surface area contributed by atoms with Crippen LogP contribution in [0.25, 0.3) is 0 Å². The van der Waals surface area contributed by atoms with Gasteiger partial charge in [-0.2, -0.15) is 4.31 Å². The van der Waals surface area contributed by atoms with Crippen LogP contribution in [0.1, 0.15) is 38.5 Å². The summed E-state index contributed by atoms with van der Waals surface area (Å²) in [6.07, 6.45) is 5.93. The van der Waals surface area contributed by atoms with Gasteiger partial charge in [-0.25, -0.2) is 8.42 Å². The fourth-order valence-electron chi connectivity index (χ4n) is 3.81. The first-order valence-electron chi connectivity index (χ1n) is 9.45. The fourth-order valence-corrected chi connectivity index (χ4v) is 5.33. The summed E-state index contributed by atoms with van der Waals surface area (Å²) >= 11 is 0. The highest BCUT2D eigenvalue weighted by Gasteiger charge is 2.35. The average molecular weight is 381 g/mol. The molecule has 1 amide bonds. The first-order valence-corrected chi connectivity index (χ1v) is 10.9. The van der Waals surface area contributed by atoms with E-state index in [1.54, 1.807) is 31.4 Å². The number of benzene rings is 1. The largest absolute Gasteiger partial charge is 0.497 e. The maximum absolute atomic E-state index is 12.9. The van der Waals surface area contributed by atoms with Crippen LogP contribution in [0.5, 0.6) is 5.75 Å². The van der Waals surface area contributed by atoms with Gasteiger partial charge in [-0.3, -0.25) is 4.79 Å². The van der Waals surface area contributed by atoms with Crippen LogP contribution in [0.15, 0.2) is 29.2 Å². The molecule has 1 aromatic carbocycles. The summed E-state index contributed by atoms with van der Waals surface area (Å²) < 4.78 is 32.5. The Bertz CT molecular complexity index is 710. The Kier molecular flexibility index (Phi) is 6.19. The number of carbonyl (C=O) groups is 1. The number of piperidine rings is 1. The van der Waals surface area contributed by atoms with Crippen molar-refractivity contribution in [1.82, 2.24) is 9.21 Å². The van der Waals surface area contributed by atoms with E-state index in [2.05, 4.69) is 0 Å². The Morgan fingerprint density at radius 2 is 1.65 bits per heavy atom. The second-order valence-corrected chi connectivity index (χ2v) is 9.06. The smallest absolute Gasteiger partial charge is 0.243 e. The highest BCUT2D eigenvalue weighted by Crippen LogP contribution is 2.26. The molecule has 0 unspecified atom stereocenters. The number of likely N-dealkylation sites (tertiary alicyclic amines) is 1. The van der Waals surface area contributed by atoms with Gasteiger partial charge >= 0.3 is 0 Å². The van der Waals surface area contributed by atoms with Gasteiger partial charge in [-0.05, 0) is 49.9 Å². The zero-order valence-corrected chi connectivity index (χ0v) is 16.2. The predicted octanol–water partition coefficient (Wildman–Crippen LogP) is 2.50. The molecule has 2 aliphatic rings. The summed E-state index contributed by atoms with van der Waals surface area (Å²) in [6, 6.07) is 6.43. The third-order valence-corrected chi connectivity index (χ3v) is 7.23. The van der Waals surface area contributed by atoms with Gasteiger partial charge in [-0.1, -0.05) is 12.8 Å². The first-order chi connectivity index (χ1) is 12.5. The summed E-state index contributed by atoms with van der Waals surface area (Å²) in [4.78, 5) is 15.1. The molecular formula is C19H28N2O4S. The molecule has 2 saturated heterocycles. The van der Waals surface area contributed by atoms with Crippen LogP contribution in [-0.4, -0.2) is 56.8 Å². The number of rotatable bonds is 4. The first kappa shape index (κ1) is 19.2. The molecular weight excluding hydrogens is 352 g/mol. The van der Waals surface area contributed by atoms with Crippen molar-refractivity contribution in [1.29, 1.82) is 0 Å². The number of ether oxygens (including phenoxy) is 1. The Hall–Kier alpha value is -1.60. The van der Waals surface area contributed by atoms with E-state index in [-0.39, 0.29) is 23.3 Å². The molecule has 0 bridgehead atoms. The normalized spacial score (nSPS) is 22.7. The summed E-state index contributed by atoms with van der Waals surface area (Å²) in [5, 5.41) is 0. The fraction of sp³-hybridized carbons (Fsp3) is 0.632. The van der Waals surface area contributed by atoms with Crippen molar-refractivity contribution in [3.8, 4) is 5.75 Å². The molecule has 3 rings (SSSR count). The lowest BCUT2D eigenvalue weighted by atomic mass is 9.98. The maximum atomic E-state index is 12.9. The molecule has 0 aromatic heterocycles. The van der Waals surface area contributed by atoms with Crippen LogP contribution < -0.4 is 4.74 Å². The number of nitrogens with zero attached hydrogens (tertiary/aromatic N) is 2. The minimum Gasteiger partial charge on any atom is -0.497 e. The van der Waals surface area contributed by atoms with Gasteiger partial charge in [0.1, 0.15) is 5.75 Å². The van der Waals surface area contributed by atoms with E-state index in [0.29, 0.717) is 12.3 Å². The number of sulfonamides is 1. The molecule has 1 atom stereocenters. The summed E-state index contributed by atoms with van der Waals surface area (Å²) in [5.41, 5.74) is 0. The second-order valence-electron chi connectivity index (χ2n) is 7.12. The summed E-state index contributed by atoms with van der Waals surface area (Å²) in [6.45, 7) is 2.36. The van der Waals surface area contributed by atoms with Crippen LogP contribution in [0, 0.1) is 5.92 Å². The van der Waals surface area contributed by atoms with E-state index < -0.39 is 10.0 Å². The lowest BCUT2D eigenvalue weighted by Gasteiger charge is -2.34. The van der Waals surface area contributed by atoms with Gasteiger partial charge in [0, 0.05) is 26.2 Å². The van der Waals surface area contributed by atoms with Gasteiger partial charge in [-0.15, -0.1) is 0 Å². The molecule has 6 nitrogen and oxygen atoms in total. The van der Waals surface area contributed by atoms with Crippen LogP contribution in [0.4, 0.5) is 0 Å². The zero-order chi connectivity index (χ0) is 18.6.